The molecule has 52 valence electrons. The van der Waals surface area contributed by atoms with Crippen LogP contribution >= 0.6 is 0 Å². The van der Waals surface area contributed by atoms with E-state index in [-0.39, 0.29) is 0 Å². The first-order chi connectivity index (χ1) is 4.34. The zero-order valence-electron chi connectivity index (χ0n) is 5.72. The Balaban J connectivity index is 2.42. The Hall–Kier alpha value is -0.570. The fraction of sp³-hybridized carbons (Fsp3) is 0.833. The lowest BCUT2D eigenvalue weighted by atomic mass is 10.2. The third kappa shape index (κ3) is 1.42. The van der Waals surface area contributed by atoms with Crippen LogP contribution in [0.2, 0.25) is 0 Å². The Bertz CT molecular complexity index is 113. The first-order valence-corrected chi connectivity index (χ1v) is 3.30. The molecule has 1 aliphatic heterocycles. The quantitative estimate of drug-likeness (QED) is 0.376. The second-order valence-corrected chi connectivity index (χ2v) is 2.30. The first-order valence-electron chi connectivity index (χ1n) is 3.30. The zero-order chi connectivity index (χ0) is 6.69. The minimum absolute atomic E-state index is 0.356. The van der Waals surface area contributed by atoms with Crippen molar-refractivity contribution in [3.63, 3.8) is 0 Å². The Morgan fingerprint density at radius 1 is 1.78 bits per heavy atom. The summed E-state index contributed by atoms with van der Waals surface area (Å²) in [6, 6.07) is 0.356. The van der Waals surface area contributed by atoms with E-state index in [1.807, 2.05) is 0 Å². The SMILES string of the molecule is CN=C(N)C1CCCN1. The number of nitrogens with one attached hydrogen (secondary N) is 1. The third-order valence-electron chi connectivity index (χ3n) is 1.68. The highest BCUT2D eigenvalue weighted by Gasteiger charge is 2.16. The molecular formula is C6H13N3. The van der Waals surface area contributed by atoms with Crippen LogP contribution in [-0.2, 0) is 0 Å². The van der Waals surface area contributed by atoms with Gasteiger partial charge in [0.1, 0.15) is 5.84 Å². The Labute approximate surface area is 55.3 Å². The average Bonchev–Trinajstić information content (AvgIpc) is 2.37. The molecular weight excluding hydrogens is 114 g/mol. The van der Waals surface area contributed by atoms with Gasteiger partial charge in [0.15, 0.2) is 0 Å². The van der Waals surface area contributed by atoms with Crippen LogP contribution in [0, 0.1) is 0 Å². The summed E-state index contributed by atoms with van der Waals surface area (Å²) in [4.78, 5) is 3.90. The molecule has 1 rings (SSSR count). The summed E-state index contributed by atoms with van der Waals surface area (Å²) in [6.45, 7) is 1.08. The molecule has 1 saturated heterocycles. The molecule has 1 aliphatic rings. The van der Waals surface area contributed by atoms with Gasteiger partial charge < -0.3 is 11.1 Å². The van der Waals surface area contributed by atoms with Crippen LogP contribution in [0.5, 0.6) is 0 Å². The van der Waals surface area contributed by atoms with E-state index < -0.39 is 0 Å². The van der Waals surface area contributed by atoms with E-state index in [4.69, 9.17) is 5.73 Å². The number of rotatable bonds is 1. The summed E-state index contributed by atoms with van der Waals surface area (Å²) in [5, 5.41) is 3.25. The minimum atomic E-state index is 0.356. The van der Waals surface area contributed by atoms with Crippen molar-refractivity contribution in [1.29, 1.82) is 0 Å². The van der Waals surface area contributed by atoms with Crippen LogP contribution < -0.4 is 11.1 Å². The highest BCUT2D eigenvalue weighted by Crippen LogP contribution is 2.03. The molecule has 0 bridgehead atoms. The van der Waals surface area contributed by atoms with Crippen molar-refractivity contribution in [2.75, 3.05) is 13.6 Å². The van der Waals surface area contributed by atoms with Crippen molar-refractivity contribution in [3.8, 4) is 0 Å². The minimum Gasteiger partial charge on any atom is -0.386 e. The van der Waals surface area contributed by atoms with Crippen molar-refractivity contribution < 1.29 is 0 Å². The predicted octanol–water partition coefficient (Wildman–Crippen LogP) is -0.275. The molecule has 0 aromatic heterocycles. The molecule has 0 aliphatic carbocycles. The molecule has 0 amide bonds. The van der Waals surface area contributed by atoms with Crippen molar-refractivity contribution >= 4 is 5.84 Å². The van der Waals surface area contributed by atoms with Gasteiger partial charge in [-0.05, 0) is 19.4 Å². The molecule has 3 heteroatoms. The van der Waals surface area contributed by atoms with Gasteiger partial charge in [-0.1, -0.05) is 0 Å². The molecule has 1 atom stereocenters. The molecule has 0 spiro atoms. The van der Waals surface area contributed by atoms with Crippen LogP contribution in [0.3, 0.4) is 0 Å². The number of nitrogens with two attached hydrogens (primary N) is 1. The van der Waals surface area contributed by atoms with E-state index in [9.17, 15) is 0 Å². The summed E-state index contributed by atoms with van der Waals surface area (Å²) < 4.78 is 0. The van der Waals surface area contributed by atoms with Crippen LogP contribution in [0.1, 0.15) is 12.8 Å². The van der Waals surface area contributed by atoms with E-state index in [0.717, 1.165) is 18.8 Å². The van der Waals surface area contributed by atoms with Crippen molar-refractivity contribution in [2.24, 2.45) is 10.7 Å². The monoisotopic (exact) mass is 127 g/mol. The molecule has 3 N–H and O–H groups in total. The Kier molecular flexibility index (Phi) is 2.05. The molecule has 0 aromatic carbocycles. The Morgan fingerprint density at radius 3 is 3.00 bits per heavy atom. The summed E-state index contributed by atoms with van der Waals surface area (Å²) in [7, 11) is 1.73. The summed E-state index contributed by atoms with van der Waals surface area (Å²) in [6.07, 6.45) is 2.37. The molecule has 1 fully saturated rings. The second kappa shape index (κ2) is 2.82. The van der Waals surface area contributed by atoms with Gasteiger partial charge in [0.2, 0.25) is 0 Å². The van der Waals surface area contributed by atoms with E-state index in [2.05, 4.69) is 10.3 Å². The predicted molar refractivity (Wildman–Crippen MR) is 38.6 cm³/mol. The van der Waals surface area contributed by atoms with Gasteiger partial charge in [-0.2, -0.15) is 0 Å². The van der Waals surface area contributed by atoms with Crippen molar-refractivity contribution in [1.82, 2.24) is 5.32 Å². The lowest BCUT2D eigenvalue weighted by Crippen LogP contribution is -2.36. The van der Waals surface area contributed by atoms with Crippen LogP contribution in [0.15, 0.2) is 4.99 Å². The summed E-state index contributed by atoms with van der Waals surface area (Å²) in [5.74, 6) is 0.743. The van der Waals surface area contributed by atoms with E-state index in [1.54, 1.807) is 7.05 Å². The average molecular weight is 127 g/mol. The topological polar surface area (TPSA) is 50.4 Å². The maximum absolute atomic E-state index is 5.57. The highest BCUT2D eigenvalue weighted by atomic mass is 15.0. The van der Waals surface area contributed by atoms with E-state index in [1.165, 1.54) is 6.42 Å². The summed E-state index contributed by atoms with van der Waals surface area (Å²) >= 11 is 0. The lowest BCUT2D eigenvalue weighted by molar-refractivity contribution is 0.754. The van der Waals surface area contributed by atoms with Crippen molar-refractivity contribution in [3.05, 3.63) is 0 Å². The molecule has 3 nitrogen and oxygen atoms in total. The van der Waals surface area contributed by atoms with E-state index in [0.29, 0.717) is 6.04 Å². The number of aliphatic imine (C=N–C) groups is 1. The van der Waals surface area contributed by atoms with Gasteiger partial charge >= 0.3 is 0 Å². The normalized spacial score (nSPS) is 29.0. The van der Waals surface area contributed by atoms with Gasteiger partial charge in [0, 0.05) is 7.05 Å². The largest absolute Gasteiger partial charge is 0.386 e. The Morgan fingerprint density at radius 2 is 2.56 bits per heavy atom. The summed E-state index contributed by atoms with van der Waals surface area (Å²) in [5.41, 5.74) is 5.57. The van der Waals surface area contributed by atoms with Gasteiger partial charge in [-0.3, -0.25) is 4.99 Å². The molecule has 0 aromatic rings. The van der Waals surface area contributed by atoms with Gasteiger partial charge in [-0.15, -0.1) is 0 Å². The standard InChI is InChI=1S/C6H13N3/c1-8-6(7)5-3-2-4-9-5/h5,9H,2-4H2,1H3,(H2,7,8). The smallest absolute Gasteiger partial charge is 0.111 e. The number of hydrogen-bond donors (Lipinski definition) is 2. The van der Waals surface area contributed by atoms with E-state index >= 15 is 0 Å². The molecule has 1 heterocycles. The molecule has 1 unspecified atom stereocenters. The third-order valence-corrected chi connectivity index (χ3v) is 1.68. The number of nitrogens with zero attached hydrogens (tertiary/aromatic N) is 1. The highest BCUT2D eigenvalue weighted by molar-refractivity contribution is 5.85. The van der Waals surface area contributed by atoms with Crippen molar-refractivity contribution in [2.45, 2.75) is 18.9 Å². The van der Waals surface area contributed by atoms with Crippen LogP contribution in [0.4, 0.5) is 0 Å². The van der Waals surface area contributed by atoms with Gasteiger partial charge in [0.25, 0.3) is 0 Å². The number of hydrogen-bond acceptors (Lipinski definition) is 2. The lowest BCUT2D eigenvalue weighted by Gasteiger charge is -2.06. The number of amidine groups is 1. The first kappa shape index (κ1) is 6.55. The molecule has 0 saturated carbocycles. The van der Waals surface area contributed by atoms with Crippen LogP contribution in [0.25, 0.3) is 0 Å². The van der Waals surface area contributed by atoms with Gasteiger partial charge in [-0.25, -0.2) is 0 Å². The maximum Gasteiger partial charge on any atom is 0.111 e. The zero-order valence-corrected chi connectivity index (χ0v) is 5.72. The molecule has 0 radical (unpaired) electrons. The van der Waals surface area contributed by atoms with Gasteiger partial charge in [0.05, 0.1) is 6.04 Å². The second-order valence-electron chi connectivity index (χ2n) is 2.30. The fourth-order valence-corrected chi connectivity index (χ4v) is 1.09. The molecule has 9 heavy (non-hydrogen) atoms. The fourth-order valence-electron chi connectivity index (χ4n) is 1.09. The van der Waals surface area contributed by atoms with Crippen LogP contribution in [-0.4, -0.2) is 25.5 Å². The maximum atomic E-state index is 5.57.